The number of oxazole rings is 1. The maximum absolute atomic E-state index is 12.7. The lowest BCUT2D eigenvalue weighted by Crippen LogP contribution is -2.19. The van der Waals surface area contributed by atoms with Gasteiger partial charge in [0.1, 0.15) is 29.1 Å². The van der Waals surface area contributed by atoms with Gasteiger partial charge in [-0.05, 0) is 49.6 Å². The van der Waals surface area contributed by atoms with Crippen LogP contribution in [0.25, 0.3) is 33.6 Å². The zero-order valence-corrected chi connectivity index (χ0v) is 20.6. The zero-order valence-electron chi connectivity index (χ0n) is 20.6. The van der Waals surface area contributed by atoms with Crippen LogP contribution < -0.4 is 21.1 Å². The van der Waals surface area contributed by atoms with E-state index < -0.39 is 6.03 Å². The van der Waals surface area contributed by atoms with Gasteiger partial charge in [0.15, 0.2) is 5.58 Å². The number of amides is 2. The summed E-state index contributed by atoms with van der Waals surface area (Å²) in [5.74, 6) is 1.41. The minimum absolute atomic E-state index is 0.372. The average Bonchev–Trinajstić information content (AvgIpc) is 3.62. The number of ether oxygens (including phenoxy) is 1. The molecule has 1 aliphatic rings. The molecule has 1 saturated carbocycles. The molecule has 0 aliphatic heterocycles. The number of fused-ring (bicyclic) bond motifs is 2. The number of nitrogen functional groups attached to an aromatic ring is 1. The third kappa shape index (κ3) is 4.20. The molecule has 188 valence electrons. The fraction of sp³-hybridized carbons (Fsp3) is 0.259. The van der Waals surface area contributed by atoms with E-state index in [4.69, 9.17) is 19.9 Å². The van der Waals surface area contributed by atoms with Gasteiger partial charge in [0, 0.05) is 24.0 Å². The van der Waals surface area contributed by atoms with Crippen LogP contribution >= 0.6 is 0 Å². The van der Waals surface area contributed by atoms with Crippen molar-refractivity contribution in [3.8, 4) is 17.2 Å². The summed E-state index contributed by atoms with van der Waals surface area (Å²) in [5.41, 5.74) is 11.2. The predicted molar refractivity (Wildman–Crippen MR) is 143 cm³/mol. The van der Waals surface area contributed by atoms with Gasteiger partial charge in [0.05, 0.1) is 23.7 Å². The molecule has 0 atom stereocenters. The van der Waals surface area contributed by atoms with E-state index in [9.17, 15) is 4.79 Å². The van der Waals surface area contributed by atoms with Crippen LogP contribution in [0, 0.1) is 6.92 Å². The Morgan fingerprint density at radius 2 is 1.97 bits per heavy atom. The highest BCUT2D eigenvalue weighted by atomic mass is 16.5. The number of anilines is 3. The van der Waals surface area contributed by atoms with E-state index in [1.807, 2.05) is 31.3 Å². The number of carbonyl (C=O) groups is 1. The summed E-state index contributed by atoms with van der Waals surface area (Å²) in [5, 5.41) is 6.42. The first-order valence-corrected chi connectivity index (χ1v) is 12.2. The van der Waals surface area contributed by atoms with Crippen LogP contribution in [0.4, 0.5) is 22.0 Å². The van der Waals surface area contributed by atoms with Crippen LogP contribution in [-0.4, -0.2) is 32.7 Å². The van der Waals surface area contributed by atoms with E-state index in [2.05, 4.69) is 25.2 Å². The molecular weight excluding hydrogens is 470 g/mol. The van der Waals surface area contributed by atoms with Crippen molar-refractivity contribution in [1.29, 1.82) is 0 Å². The molecule has 37 heavy (non-hydrogen) atoms. The van der Waals surface area contributed by atoms with Gasteiger partial charge in [-0.3, -0.25) is 0 Å². The fourth-order valence-corrected chi connectivity index (χ4v) is 5.05. The minimum Gasteiger partial charge on any atom is -0.495 e. The van der Waals surface area contributed by atoms with Crippen LogP contribution in [0.5, 0.6) is 5.75 Å². The van der Waals surface area contributed by atoms with Crippen LogP contribution in [0.3, 0.4) is 0 Å². The third-order valence-corrected chi connectivity index (χ3v) is 6.84. The Hall–Kier alpha value is -4.60. The topological polar surface area (TPSA) is 133 Å². The molecule has 3 aromatic heterocycles. The second kappa shape index (κ2) is 9.12. The van der Waals surface area contributed by atoms with E-state index >= 15 is 0 Å². The number of nitrogens with zero attached hydrogens (tertiary/aromatic N) is 4. The molecule has 1 fully saturated rings. The minimum atomic E-state index is -0.396. The van der Waals surface area contributed by atoms with Gasteiger partial charge in [-0.25, -0.2) is 19.7 Å². The van der Waals surface area contributed by atoms with E-state index in [-0.39, 0.29) is 0 Å². The molecule has 10 heteroatoms. The van der Waals surface area contributed by atoms with Crippen molar-refractivity contribution in [2.24, 2.45) is 0 Å². The van der Waals surface area contributed by atoms with Crippen molar-refractivity contribution in [3.05, 3.63) is 54.5 Å². The molecule has 0 unspecified atom stereocenters. The Morgan fingerprint density at radius 3 is 2.78 bits per heavy atom. The van der Waals surface area contributed by atoms with Gasteiger partial charge < -0.3 is 30.1 Å². The molecule has 4 N–H and O–H groups in total. The van der Waals surface area contributed by atoms with Crippen molar-refractivity contribution < 1.29 is 13.9 Å². The van der Waals surface area contributed by atoms with Gasteiger partial charge in [-0.1, -0.05) is 18.9 Å². The molecule has 2 aromatic carbocycles. The van der Waals surface area contributed by atoms with E-state index in [1.54, 1.807) is 25.3 Å². The third-order valence-electron chi connectivity index (χ3n) is 6.84. The Kier molecular flexibility index (Phi) is 5.63. The molecule has 5 aromatic rings. The lowest BCUT2D eigenvalue weighted by Gasteiger charge is -2.12. The maximum atomic E-state index is 12.7. The van der Waals surface area contributed by atoms with Gasteiger partial charge >= 0.3 is 6.03 Å². The highest BCUT2D eigenvalue weighted by molar-refractivity contribution is 6.02. The zero-order chi connectivity index (χ0) is 25.5. The van der Waals surface area contributed by atoms with Crippen LogP contribution in [0.1, 0.15) is 37.3 Å². The second-order valence-electron chi connectivity index (χ2n) is 9.33. The molecule has 0 radical (unpaired) electrons. The lowest BCUT2D eigenvalue weighted by atomic mass is 10.2. The molecule has 0 saturated heterocycles. The van der Waals surface area contributed by atoms with E-state index in [0.29, 0.717) is 46.0 Å². The molecule has 3 heterocycles. The number of nitrogens with one attached hydrogen (secondary N) is 2. The fourth-order valence-electron chi connectivity index (χ4n) is 5.05. The number of urea groups is 1. The molecule has 6 rings (SSSR count). The highest BCUT2D eigenvalue weighted by Crippen LogP contribution is 2.39. The predicted octanol–water partition coefficient (Wildman–Crippen LogP) is 5.90. The summed E-state index contributed by atoms with van der Waals surface area (Å²) in [7, 11) is 1.56. The summed E-state index contributed by atoms with van der Waals surface area (Å²) in [6, 6.07) is 10.9. The Bertz CT molecular complexity index is 1630. The Labute approximate surface area is 212 Å². The highest BCUT2D eigenvalue weighted by Gasteiger charge is 2.25. The van der Waals surface area contributed by atoms with Crippen molar-refractivity contribution >= 4 is 45.4 Å². The van der Waals surface area contributed by atoms with Gasteiger partial charge in [-0.15, -0.1) is 0 Å². The maximum Gasteiger partial charge on any atom is 0.323 e. The smallest absolute Gasteiger partial charge is 0.323 e. The number of carbonyl (C=O) groups excluding carboxylic acids is 1. The lowest BCUT2D eigenvalue weighted by molar-refractivity contribution is 0.262. The Morgan fingerprint density at radius 1 is 1.14 bits per heavy atom. The molecule has 10 nitrogen and oxygen atoms in total. The number of hydrogen-bond acceptors (Lipinski definition) is 7. The number of hydrogen-bond donors (Lipinski definition) is 3. The summed E-state index contributed by atoms with van der Waals surface area (Å²) in [6.45, 7) is 1.95. The van der Waals surface area contributed by atoms with E-state index in [0.717, 1.165) is 35.0 Å². The molecule has 2 amide bonds. The molecular formula is C27H27N7O3. The summed E-state index contributed by atoms with van der Waals surface area (Å²) in [6.07, 6.45) is 8.12. The summed E-state index contributed by atoms with van der Waals surface area (Å²) in [4.78, 5) is 26.1. The number of rotatable bonds is 5. The van der Waals surface area contributed by atoms with Gasteiger partial charge in [0.25, 0.3) is 0 Å². The average molecular weight is 498 g/mol. The van der Waals surface area contributed by atoms with Crippen LogP contribution in [-0.2, 0) is 0 Å². The second-order valence-corrected chi connectivity index (χ2v) is 9.33. The standard InChI is InChI=1S/C27H27N7O3/c1-15-7-10-21(36-2)20(11-15)33-27(35)31-16-8-9-19-22(12-16)37-26(32-19)18-13-34(17-5-3-4-6-17)25-23(18)24(28)29-14-30-25/h7-14,17H,3-6H2,1-2H3,(H2,28,29,30)(H2,31,33,35). The number of benzene rings is 2. The molecule has 0 bridgehead atoms. The van der Waals surface area contributed by atoms with E-state index in [1.165, 1.54) is 19.2 Å². The summed E-state index contributed by atoms with van der Waals surface area (Å²) >= 11 is 0. The largest absolute Gasteiger partial charge is 0.495 e. The number of aromatic nitrogens is 4. The first-order chi connectivity index (χ1) is 18.0. The Balaban J connectivity index is 1.30. The van der Waals surface area contributed by atoms with Crippen LogP contribution in [0.15, 0.2) is 53.3 Å². The van der Waals surface area contributed by atoms with Crippen molar-refractivity contribution in [3.63, 3.8) is 0 Å². The van der Waals surface area contributed by atoms with Crippen molar-refractivity contribution in [1.82, 2.24) is 19.5 Å². The quantitative estimate of drug-likeness (QED) is 0.275. The van der Waals surface area contributed by atoms with Crippen molar-refractivity contribution in [2.45, 2.75) is 38.6 Å². The first-order valence-electron chi connectivity index (χ1n) is 12.2. The van der Waals surface area contributed by atoms with Gasteiger partial charge in [-0.2, -0.15) is 0 Å². The number of methoxy groups -OCH3 is 1. The van der Waals surface area contributed by atoms with Gasteiger partial charge in [0.2, 0.25) is 5.89 Å². The SMILES string of the molecule is COc1ccc(C)cc1NC(=O)Nc1ccc2nc(-c3cn(C4CCCC4)c4ncnc(N)c34)oc2c1. The molecule has 0 spiro atoms. The van der Waals surface area contributed by atoms with Crippen LogP contribution in [0.2, 0.25) is 0 Å². The number of aryl methyl sites for hydroxylation is 1. The van der Waals surface area contributed by atoms with Crippen molar-refractivity contribution in [2.75, 3.05) is 23.5 Å². The number of nitrogens with two attached hydrogens (primary N) is 1. The normalized spacial score (nSPS) is 13.9. The molecule has 1 aliphatic carbocycles. The monoisotopic (exact) mass is 497 g/mol. The summed E-state index contributed by atoms with van der Waals surface area (Å²) < 4.78 is 13.7. The first kappa shape index (κ1) is 22.8.